The SMILES string of the molecule is CCN(CC)C(=O)CN(C)C(=O)c1ccc(Cl)cc1. The monoisotopic (exact) mass is 282 g/mol. The zero-order valence-electron chi connectivity index (χ0n) is 11.5. The molecule has 1 aromatic carbocycles. The van der Waals surface area contributed by atoms with Crippen LogP contribution in [-0.2, 0) is 4.79 Å². The first-order valence-corrected chi connectivity index (χ1v) is 6.66. The number of halogens is 1. The van der Waals surface area contributed by atoms with E-state index in [-0.39, 0.29) is 18.4 Å². The van der Waals surface area contributed by atoms with Crippen molar-refractivity contribution in [3.05, 3.63) is 34.9 Å². The van der Waals surface area contributed by atoms with E-state index >= 15 is 0 Å². The van der Waals surface area contributed by atoms with Crippen LogP contribution in [0.25, 0.3) is 0 Å². The van der Waals surface area contributed by atoms with Crippen molar-refractivity contribution in [2.45, 2.75) is 13.8 Å². The Bertz CT molecular complexity index is 441. The molecule has 1 aromatic rings. The molecule has 0 radical (unpaired) electrons. The second kappa shape index (κ2) is 7.14. The van der Waals surface area contributed by atoms with Gasteiger partial charge in [-0.1, -0.05) is 11.6 Å². The van der Waals surface area contributed by atoms with Gasteiger partial charge in [-0.05, 0) is 38.1 Å². The minimum Gasteiger partial charge on any atom is -0.342 e. The zero-order chi connectivity index (χ0) is 14.4. The molecule has 0 aliphatic heterocycles. The van der Waals surface area contributed by atoms with Crippen molar-refractivity contribution in [3.63, 3.8) is 0 Å². The van der Waals surface area contributed by atoms with Gasteiger partial charge in [0.25, 0.3) is 5.91 Å². The van der Waals surface area contributed by atoms with Gasteiger partial charge < -0.3 is 9.80 Å². The molecule has 0 saturated heterocycles. The molecule has 19 heavy (non-hydrogen) atoms. The minimum absolute atomic E-state index is 0.0465. The maximum absolute atomic E-state index is 12.1. The van der Waals surface area contributed by atoms with Gasteiger partial charge in [-0.3, -0.25) is 9.59 Å². The van der Waals surface area contributed by atoms with Gasteiger partial charge in [0.1, 0.15) is 0 Å². The minimum atomic E-state index is -0.183. The third-order valence-electron chi connectivity index (χ3n) is 2.93. The van der Waals surface area contributed by atoms with Gasteiger partial charge in [0.15, 0.2) is 0 Å². The molecule has 0 aromatic heterocycles. The van der Waals surface area contributed by atoms with Crippen LogP contribution in [0, 0.1) is 0 Å². The standard InChI is InChI=1S/C14H19ClN2O2/c1-4-17(5-2)13(18)10-16(3)14(19)11-6-8-12(15)9-7-11/h6-9H,4-5,10H2,1-3H3. The molecule has 0 saturated carbocycles. The van der Waals surface area contributed by atoms with Gasteiger partial charge in [0.05, 0.1) is 6.54 Å². The smallest absolute Gasteiger partial charge is 0.254 e. The number of hydrogen-bond donors (Lipinski definition) is 0. The second-order valence-electron chi connectivity index (χ2n) is 4.23. The summed E-state index contributed by atoms with van der Waals surface area (Å²) in [5, 5.41) is 0.582. The lowest BCUT2D eigenvalue weighted by molar-refractivity contribution is -0.131. The molecule has 0 spiro atoms. The normalized spacial score (nSPS) is 10.1. The van der Waals surface area contributed by atoms with E-state index in [9.17, 15) is 9.59 Å². The maximum atomic E-state index is 12.1. The molecule has 0 bridgehead atoms. The van der Waals surface area contributed by atoms with Crippen LogP contribution >= 0.6 is 11.6 Å². The highest BCUT2D eigenvalue weighted by Crippen LogP contribution is 2.11. The number of rotatable bonds is 5. The fraction of sp³-hybridized carbons (Fsp3) is 0.429. The number of likely N-dealkylation sites (N-methyl/N-ethyl adjacent to an activating group) is 2. The van der Waals surface area contributed by atoms with E-state index in [2.05, 4.69) is 0 Å². The van der Waals surface area contributed by atoms with Crippen molar-refractivity contribution in [3.8, 4) is 0 Å². The number of carbonyl (C=O) groups excluding carboxylic acids is 2. The predicted octanol–water partition coefficient (Wildman–Crippen LogP) is 2.28. The molecule has 0 N–H and O–H groups in total. The summed E-state index contributed by atoms with van der Waals surface area (Å²) in [4.78, 5) is 27.1. The average molecular weight is 283 g/mol. The molecule has 0 heterocycles. The fourth-order valence-electron chi connectivity index (χ4n) is 1.76. The molecule has 1 rings (SSSR count). The van der Waals surface area contributed by atoms with E-state index in [1.807, 2.05) is 13.8 Å². The summed E-state index contributed by atoms with van der Waals surface area (Å²) in [5.41, 5.74) is 0.527. The largest absolute Gasteiger partial charge is 0.342 e. The molecule has 4 nitrogen and oxygen atoms in total. The number of amides is 2. The van der Waals surface area contributed by atoms with Crippen LogP contribution in [0.2, 0.25) is 5.02 Å². The van der Waals surface area contributed by atoms with Crippen LogP contribution < -0.4 is 0 Å². The van der Waals surface area contributed by atoms with Crippen molar-refractivity contribution in [2.75, 3.05) is 26.7 Å². The molecule has 0 aliphatic rings. The van der Waals surface area contributed by atoms with Crippen LogP contribution in [0.1, 0.15) is 24.2 Å². The molecule has 0 fully saturated rings. The quantitative estimate of drug-likeness (QED) is 0.831. The van der Waals surface area contributed by atoms with Crippen LogP contribution in [0.5, 0.6) is 0 Å². The summed E-state index contributed by atoms with van der Waals surface area (Å²) in [6, 6.07) is 6.63. The van der Waals surface area contributed by atoms with Crippen molar-refractivity contribution < 1.29 is 9.59 Å². The van der Waals surface area contributed by atoms with E-state index in [0.29, 0.717) is 23.7 Å². The summed E-state index contributed by atoms with van der Waals surface area (Å²) in [7, 11) is 1.62. The molecule has 104 valence electrons. The summed E-state index contributed by atoms with van der Waals surface area (Å²) < 4.78 is 0. The van der Waals surface area contributed by atoms with Crippen molar-refractivity contribution in [2.24, 2.45) is 0 Å². The summed E-state index contributed by atoms with van der Waals surface area (Å²) in [6.07, 6.45) is 0. The Morgan fingerprint density at radius 3 is 2.11 bits per heavy atom. The van der Waals surface area contributed by atoms with Crippen LogP contribution in [-0.4, -0.2) is 48.3 Å². The lowest BCUT2D eigenvalue weighted by atomic mass is 10.2. The molecular weight excluding hydrogens is 264 g/mol. The number of nitrogens with zero attached hydrogens (tertiary/aromatic N) is 2. The van der Waals surface area contributed by atoms with Crippen LogP contribution in [0.15, 0.2) is 24.3 Å². The van der Waals surface area contributed by atoms with Crippen molar-refractivity contribution >= 4 is 23.4 Å². The van der Waals surface area contributed by atoms with E-state index in [1.165, 1.54) is 4.90 Å². The number of hydrogen-bond acceptors (Lipinski definition) is 2. The highest BCUT2D eigenvalue weighted by atomic mass is 35.5. The Balaban J connectivity index is 2.67. The average Bonchev–Trinajstić information content (AvgIpc) is 2.40. The second-order valence-corrected chi connectivity index (χ2v) is 4.67. The van der Waals surface area contributed by atoms with E-state index in [4.69, 9.17) is 11.6 Å². The van der Waals surface area contributed by atoms with Gasteiger partial charge in [0.2, 0.25) is 5.91 Å². The molecule has 5 heteroatoms. The molecular formula is C14H19ClN2O2. The predicted molar refractivity (Wildman–Crippen MR) is 76.3 cm³/mol. The Labute approximate surface area is 118 Å². The lowest BCUT2D eigenvalue weighted by Gasteiger charge is -2.23. The van der Waals surface area contributed by atoms with Gasteiger partial charge in [0, 0.05) is 30.7 Å². The van der Waals surface area contributed by atoms with E-state index < -0.39 is 0 Å². The van der Waals surface area contributed by atoms with Crippen LogP contribution in [0.4, 0.5) is 0 Å². The molecule has 0 atom stereocenters. The van der Waals surface area contributed by atoms with Crippen LogP contribution in [0.3, 0.4) is 0 Å². The summed E-state index contributed by atoms with van der Waals surface area (Å²) in [5.74, 6) is -0.230. The highest BCUT2D eigenvalue weighted by Gasteiger charge is 2.17. The third kappa shape index (κ3) is 4.24. The van der Waals surface area contributed by atoms with Gasteiger partial charge in [-0.15, -0.1) is 0 Å². The van der Waals surface area contributed by atoms with Crippen molar-refractivity contribution in [1.82, 2.24) is 9.80 Å². The van der Waals surface area contributed by atoms with Crippen molar-refractivity contribution in [1.29, 1.82) is 0 Å². The van der Waals surface area contributed by atoms with Gasteiger partial charge in [-0.25, -0.2) is 0 Å². The third-order valence-corrected chi connectivity index (χ3v) is 3.18. The maximum Gasteiger partial charge on any atom is 0.254 e. The Kier molecular flexibility index (Phi) is 5.83. The zero-order valence-corrected chi connectivity index (χ0v) is 12.3. The lowest BCUT2D eigenvalue weighted by Crippen LogP contribution is -2.41. The molecule has 0 aliphatic carbocycles. The molecule has 0 unspecified atom stereocenters. The van der Waals surface area contributed by atoms with Gasteiger partial charge >= 0.3 is 0 Å². The highest BCUT2D eigenvalue weighted by molar-refractivity contribution is 6.30. The number of benzene rings is 1. The van der Waals surface area contributed by atoms with Gasteiger partial charge in [-0.2, -0.15) is 0 Å². The topological polar surface area (TPSA) is 40.6 Å². The number of carbonyl (C=O) groups is 2. The fourth-order valence-corrected chi connectivity index (χ4v) is 1.89. The summed E-state index contributed by atoms with van der Waals surface area (Å²) >= 11 is 5.77. The van der Waals surface area contributed by atoms with E-state index in [1.54, 1.807) is 36.2 Å². The first kappa shape index (κ1) is 15.5. The first-order valence-electron chi connectivity index (χ1n) is 6.28. The Hall–Kier alpha value is -1.55. The molecule has 2 amide bonds. The van der Waals surface area contributed by atoms with E-state index in [0.717, 1.165) is 0 Å². The first-order chi connectivity index (χ1) is 8.99. The Morgan fingerprint density at radius 2 is 1.63 bits per heavy atom. The summed E-state index contributed by atoms with van der Waals surface area (Å²) in [6.45, 7) is 5.23. The Morgan fingerprint density at radius 1 is 1.11 bits per heavy atom.